The van der Waals surface area contributed by atoms with Crippen molar-refractivity contribution in [3.05, 3.63) is 41.7 Å². The zero-order valence-electron chi connectivity index (χ0n) is 14.4. The maximum absolute atomic E-state index is 5.62. The van der Waals surface area contributed by atoms with E-state index in [-0.39, 0.29) is 6.04 Å². The summed E-state index contributed by atoms with van der Waals surface area (Å²) < 4.78 is 7.37. The molecule has 0 aliphatic heterocycles. The van der Waals surface area contributed by atoms with Crippen LogP contribution in [0.2, 0.25) is 0 Å². The highest BCUT2D eigenvalue weighted by molar-refractivity contribution is 7.99. The molecule has 1 heterocycles. The molecule has 1 aromatic carbocycles. The third kappa shape index (κ3) is 4.32. The van der Waals surface area contributed by atoms with Gasteiger partial charge in [-0.25, -0.2) is 0 Å². The van der Waals surface area contributed by atoms with Crippen molar-refractivity contribution in [1.29, 1.82) is 0 Å². The number of hydrogen-bond donors (Lipinski definition) is 0. The summed E-state index contributed by atoms with van der Waals surface area (Å²) in [4.78, 5) is 2.16. The maximum atomic E-state index is 5.62. The van der Waals surface area contributed by atoms with Gasteiger partial charge in [0.1, 0.15) is 5.75 Å². The lowest BCUT2D eigenvalue weighted by molar-refractivity contribution is 0.276. The number of rotatable bonds is 8. The van der Waals surface area contributed by atoms with Crippen LogP contribution >= 0.6 is 23.4 Å². The Balaban J connectivity index is 2.47. The molecule has 130 valence electrons. The van der Waals surface area contributed by atoms with Gasteiger partial charge in [-0.15, -0.1) is 10.2 Å². The van der Waals surface area contributed by atoms with E-state index in [9.17, 15) is 0 Å². The fourth-order valence-electron chi connectivity index (χ4n) is 2.50. The van der Waals surface area contributed by atoms with Crippen LogP contribution in [0.3, 0.4) is 0 Å². The first-order chi connectivity index (χ1) is 11.6. The van der Waals surface area contributed by atoms with Crippen LogP contribution in [0.25, 0.3) is 5.69 Å². The molecule has 0 aliphatic rings. The number of benzene rings is 1. The van der Waals surface area contributed by atoms with Crippen LogP contribution in [0, 0.1) is 0 Å². The van der Waals surface area contributed by atoms with E-state index in [2.05, 4.69) is 40.7 Å². The molecule has 0 amide bonds. The number of ether oxygens (including phenoxy) is 1. The van der Waals surface area contributed by atoms with Gasteiger partial charge in [-0.2, -0.15) is 0 Å². The van der Waals surface area contributed by atoms with Crippen molar-refractivity contribution in [2.75, 3.05) is 27.0 Å². The number of nitrogens with zero attached hydrogens (tertiary/aromatic N) is 4. The number of aromatic nitrogens is 3. The van der Waals surface area contributed by atoms with Crippen LogP contribution in [0.4, 0.5) is 0 Å². The summed E-state index contributed by atoms with van der Waals surface area (Å²) in [6.07, 6.45) is 2.84. The Bertz CT molecular complexity index is 670. The lowest BCUT2D eigenvalue weighted by Crippen LogP contribution is -2.22. The Morgan fingerprint density at radius 1 is 1.29 bits per heavy atom. The fourth-order valence-corrected chi connectivity index (χ4v) is 3.47. The second-order valence-electron chi connectivity index (χ2n) is 5.43. The Labute approximate surface area is 152 Å². The summed E-state index contributed by atoms with van der Waals surface area (Å²) in [7, 11) is 5.78. The first kappa shape index (κ1) is 18.8. The molecule has 0 saturated heterocycles. The minimum absolute atomic E-state index is 0.192. The van der Waals surface area contributed by atoms with Gasteiger partial charge in [-0.05, 0) is 44.8 Å². The van der Waals surface area contributed by atoms with E-state index >= 15 is 0 Å². The SMILES string of the molecule is CCC(c1nnc(SCC=CCl)n1-c1ccc(OC)cc1)N(C)C. The largest absolute Gasteiger partial charge is 0.497 e. The van der Waals surface area contributed by atoms with Crippen LogP contribution in [0.15, 0.2) is 41.0 Å². The summed E-state index contributed by atoms with van der Waals surface area (Å²) in [5, 5.41) is 9.72. The van der Waals surface area contributed by atoms with Gasteiger partial charge >= 0.3 is 0 Å². The van der Waals surface area contributed by atoms with Crippen molar-refractivity contribution < 1.29 is 4.74 Å². The molecule has 2 rings (SSSR count). The van der Waals surface area contributed by atoms with E-state index in [4.69, 9.17) is 16.3 Å². The van der Waals surface area contributed by atoms with Gasteiger partial charge in [0.05, 0.1) is 13.2 Å². The number of halogens is 1. The molecule has 5 nitrogen and oxygen atoms in total. The van der Waals surface area contributed by atoms with Crippen LogP contribution in [-0.2, 0) is 0 Å². The first-order valence-electron chi connectivity index (χ1n) is 7.76. The fraction of sp³-hybridized carbons (Fsp3) is 0.412. The summed E-state index contributed by atoms with van der Waals surface area (Å²) in [5.74, 6) is 2.51. The van der Waals surface area contributed by atoms with E-state index in [0.717, 1.165) is 34.6 Å². The zero-order chi connectivity index (χ0) is 17.5. The van der Waals surface area contributed by atoms with E-state index in [1.165, 1.54) is 5.54 Å². The minimum atomic E-state index is 0.192. The number of thioether (sulfide) groups is 1. The Hall–Kier alpha value is -1.50. The van der Waals surface area contributed by atoms with Crippen molar-refractivity contribution >= 4 is 23.4 Å². The first-order valence-corrected chi connectivity index (χ1v) is 9.18. The van der Waals surface area contributed by atoms with Crippen molar-refractivity contribution in [1.82, 2.24) is 19.7 Å². The molecule has 0 radical (unpaired) electrons. The molecule has 1 atom stereocenters. The van der Waals surface area contributed by atoms with Gasteiger partial charge in [0.2, 0.25) is 0 Å². The molecular formula is C17H23ClN4OS. The third-order valence-corrected chi connectivity index (χ3v) is 4.75. The third-order valence-electron chi connectivity index (χ3n) is 3.69. The van der Waals surface area contributed by atoms with Crippen LogP contribution in [0.1, 0.15) is 25.2 Å². The minimum Gasteiger partial charge on any atom is -0.497 e. The predicted octanol–water partition coefficient (Wildman–Crippen LogP) is 4.13. The van der Waals surface area contributed by atoms with E-state index in [1.54, 1.807) is 18.9 Å². The molecule has 24 heavy (non-hydrogen) atoms. The van der Waals surface area contributed by atoms with Gasteiger partial charge in [0, 0.05) is 17.0 Å². The quantitative estimate of drug-likeness (QED) is 0.657. The van der Waals surface area contributed by atoms with Crippen molar-refractivity contribution in [3.8, 4) is 11.4 Å². The highest BCUT2D eigenvalue weighted by atomic mass is 35.5. The second kappa shape index (κ2) is 9.11. The highest BCUT2D eigenvalue weighted by Crippen LogP contribution is 2.29. The summed E-state index contributed by atoms with van der Waals surface area (Å²) in [5.41, 5.74) is 2.55. The molecule has 1 unspecified atom stereocenters. The molecule has 0 bridgehead atoms. The van der Waals surface area contributed by atoms with E-state index in [0.29, 0.717) is 0 Å². The van der Waals surface area contributed by atoms with Gasteiger partial charge in [-0.3, -0.25) is 9.47 Å². The molecule has 0 N–H and O–H groups in total. The topological polar surface area (TPSA) is 43.2 Å². The Kier molecular flexibility index (Phi) is 7.15. The summed E-state index contributed by atoms with van der Waals surface area (Å²) in [6, 6.07) is 8.13. The molecule has 7 heteroatoms. The van der Waals surface area contributed by atoms with Crippen LogP contribution in [-0.4, -0.2) is 46.6 Å². The summed E-state index contributed by atoms with van der Waals surface area (Å²) >= 11 is 7.23. The standard InChI is InChI=1S/C17H23ClN4OS/c1-5-15(21(2)3)16-19-20-17(24-12-6-11-18)22(16)13-7-9-14(23-4)10-8-13/h6-11,15H,5,12H2,1-4H3. The van der Waals surface area contributed by atoms with Gasteiger partial charge < -0.3 is 4.74 Å². The molecule has 0 saturated carbocycles. The molecular weight excluding hydrogens is 344 g/mol. The average molecular weight is 367 g/mol. The maximum Gasteiger partial charge on any atom is 0.196 e. The lowest BCUT2D eigenvalue weighted by atomic mass is 10.2. The average Bonchev–Trinajstić information content (AvgIpc) is 2.99. The second-order valence-corrected chi connectivity index (χ2v) is 6.67. The normalized spacial score (nSPS) is 12.9. The predicted molar refractivity (Wildman–Crippen MR) is 100 cm³/mol. The highest BCUT2D eigenvalue weighted by Gasteiger charge is 2.22. The molecule has 0 spiro atoms. The van der Waals surface area contributed by atoms with E-state index < -0.39 is 0 Å². The Morgan fingerprint density at radius 3 is 2.54 bits per heavy atom. The van der Waals surface area contributed by atoms with Crippen LogP contribution < -0.4 is 4.74 Å². The smallest absolute Gasteiger partial charge is 0.196 e. The molecule has 0 fully saturated rings. The monoisotopic (exact) mass is 366 g/mol. The molecule has 0 aliphatic carbocycles. The van der Waals surface area contributed by atoms with Crippen molar-refractivity contribution in [2.45, 2.75) is 24.5 Å². The van der Waals surface area contributed by atoms with Gasteiger partial charge in [0.15, 0.2) is 11.0 Å². The van der Waals surface area contributed by atoms with Crippen molar-refractivity contribution in [3.63, 3.8) is 0 Å². The van der Waals surface area contributed by atoms with Gasteiger partial charge in [-0.1, -0.05) is 36.4 Å². The van der Waals surface area contributed by atoms with E-state index in [1.807, 2.05) is 30.3 Å². The molecule has 1 aromatic heterocycles. The van der Waals surface area contributed by atoms with Crippen molar-refractivity contribution in [2.24, 2.45) is 0 Å². The Morgan fingerprint density at radius 2 is 2.00 bits per heavy atom. The van der Waals surface area contributed by atoms with Crippen LogP contribution in [0.5, 0.6) is 5.75 Å². The number of hydrogen-bond acceptors (Lipinski definition) is 5. The summed E-state index contributed by atoms with van der Waals surface area (Å²) in [6.45, 7) is 2.15. The zero-order valence-corrected chi connectivity index (χ0v) is 16.0. The lowest BCUT2D eigenvalue weighted by Gasteiger charge is -2.23. The molecule has 2 aromatic rings. The number of methoxy groups -OCH3 is 1. The van der Waals surface area contributed by atoms with Gasteiger partial charge in [0.25, 0.3) is 0 Å².